The average Bonchev–Trinajstić information content (AvgIpc) is 2.96. The molecule has 4 rings (SSSR count). The van der Waals surface area contributed by atoms with Crippen LogP contribution in [0.3, 0.4) is 0 Å². The first-order valence-corrected chi connectivity index (χ1v) is 12.4. The average molecular weight is 562 g/mol. The molecule has 0 amide bonds. The third-order valence-corrected chi connectivity index (χ3v) is 5.05. The summed E-state index contributed by atoms with van der Waals surface area (Å²) in [6.45, 7) is 9.48. The number of aromatic hydroxyl groups is 2. The number of benzene rings is 4. The predicted molar refractivity (Wildman–Crippen MR) is 156 cm³/mol. The summed E-state index contributed by atoms with van der Waals surface area (Å²) in [6.07, 6.45) is 0. The first-order valence-electron chi connectivity index (χ1n) is 12.4. The minimum absolute atomic E-state index is 0.0188. The molecule has 4 aromatic rings. The molecule has 0 unspecified atom stereocenters. The van der Waals surface area contributed by atoms with Crippen molar-refractivity contribution in [2.75, 3.05) is 0 Å². The fourth-order valence-electron chi connectivity index (χ4n) is 3.06. The molecule has 0 aliphatic carbocycles. The van der Waals surface area contributed by atoms with Crippen LogP contribution in [0.25, 0.3) is 0 Å². The normalized spacial score (nSPS) is 9.68. The van der Waals surface area contributed by atoms with Crippen LogP contribution >= 0.6 is 0 Å². The fraction of sp³-hybridized carbons (Fsp3) is 0.172. The maximum Gasteiger partial charge on any atom is 0.300 e. The molecule has 0 fully saturated rings. The van der Waals surface area contributed by atoms with Gasteiger partial charge in [0, 0.05) is 11.6 Å². The van der Waals surface area contributed by atoms with E-state index in [1.807, 2.05) is 39.8 Å². The molecule has 0 atom stereocenters. The Bertz CT molecular complexity index is 1470. The second-order valence-corrected chi connectivity index (χ2v) is 8.10. The van der Waals surface area contributed by atoms with Gasteiger partial charge in [-0.3, -0.25) is 20.2 Å². The Kier molecular flexibility index (Phi) is 14.0. The Morgan fingerprint density at radius 1 is 0.683 bits per heavy atom. The van der Waals surface area contributed by atoms with Gasteiger partial charge in [0.15, 0.2) is 5.69 Å². The smallest absolute Gasteiger partial charge is 0.300 e. The third-order valence-electron chi connectivity index (χ3n) is 5.05. The Morgan fingerprint density at radius 2 is 1.24 bits per heavy atom. The lowest BCUT2D eigenvalue weighted by Crippen LogP contribution is -2.22. The minimum atomic E-state index is -0.522. The van der Waals surface area contributed by atoms with Gasteiger partial charge in [-0.25, -0.2) is 0 Å². The van der Waals surface area contributed by atoms with Gasteiger partial charge in [-0.15, -0.1) is 10.2 Å². The molecular weight excluding hydrogens is 528 g/mol. The van der Waals surface area contributed by atoms with Crippen molar-refractivity contribution in [3.8, 4) is 11.5 Å². The molecule has 0 aliphatic heterocycles. The molecule has 0 aliphatic rings. The van der Waals surface area contributed by atoms with Crippen molar-refractivity contribution in [3.05, 3.63) is 122 Å². The van der Waals surface area contributed by atoms with Crippen LogP contribution in [0.2, 0.25) is 0 Å². The summed E-state index contributed by atoms with van der Waals surface area (Å²) in [7, 11) is 0. The summed E-state index contributed by atoms with van der Waals surface area (Å²) >= 11 is 0. The number of nitro groups is 2. The molecule has 4 N–H and O–H groups in total. The molecule has 0 radical (unpaired) electrons. The van der Waals surface area contributed by atoms with Gasteiger partial charge in [-0.1, -0.05) is 61.9 Å². The highest BCUT2D eigenvalue weighted by molar-refractivity contribution is 5.62. The second kappa shape index (κ2) is 17.1. The van der Waals surface area contributed by atoms with Gasteiger partial charge in [-0.2, -0.15) is 5.53 Å². The zero-order chi connectivity index (χ0) is 30.9. The van der Waals surface area contributed by atoms with Gasteiger partial charge < -0.3 is 10.2 Å². The van der Waals surface area contributed by atoms with Crippen molar-refractivity contribution in [3.63, 3.8) is 0 Å². The largest absolute Gasteiger partial charge is 0.508 e. The van der Waals surface area contributed by atoms with E-state index in [1.165, 1.54) is 29.8 Å². The minimum Gasteiger partial charge on any atom is -0.508 e. The van der Waals surface area contributed by atoms with E-state index in [1.54, 1.807) is 55.5 Å². The van der Waals surface area contributed by atoms with Crippen LogP contribution in [-0.4, -0.2) is 20.1 Å². The van der Waals surface area contributed by atoms with Gasteiger partial charge in [0.05, 0.1) is 9.85 Å². The number of hydrogen-bond acceptors (Lipinski definition) is 9. The Hall–Kier alpha value is -5.52. The Balaban J connectivity index is 0.000000335. The summed E-state index contributed by atoms with van der Waals surface area (Å²) in [5.41, 5.74) is 7.98. The summed E-state index contributed by atoms with van der Waals surface area (Å²) in [5.74, 6) is 0.310. The number of phenolic OH excluding ortho intramolecular Hbond substituents is 2. The van der Waals surface area contributed by atoms with Gasteiger partial charge >= 0.3 is 5.69 Å². The number of para-hydroxylation sites is 2. The van der Waals surface area contributed by atoms with E-state index in [9.17, 15) is 25.3 Å². The summed E-state index contributed by atoms with van der Waals surface area (Å²) < 4.78 is 0. The maximum atomic E-state index is 11.0. The first-order chi connectivity index (χ1) is 19.5. The molecular formula is C29H33N6O6+. The van der Waals surface area contributed by atoms with Gasteiger partial charge in [0.2, 0.25) is 5.69 Å². The highest BCUT2D eigenvalue weighted by Crippen LogP contribution is 2.34. The van der Waals surface area contributed by atoms with Gasteiger partial charge in [-0.05, 0) is 67.8 Å². The van der Waals surface area contributed by atoms with Crippen molar-refractivity contribution in [1.29, 1.82) is 0 Å². The fourth-order valence-corrected chi connectivity index (χ4v) is 3.06. The lowest BCUT2D eigenvalue weighted by Gasteiger charge is -2.01. The highest BCUT2D eigenvalue weighted by Gasteiger charge is 2.16. The number of phenols is 2. The van der Waals surface area contributed by atoms with Gasteiger partial charge in [0.25, 0.3) is 5.69 Å². The van der Waals surface area contributed by atoms with Crippen molar-refractivity contribution >= 4 is 28.4 Å². The molecule has 214 valence electrons. The second-order valence-electron chi connectivity index (χ2n) is 8.10. The van der Waals surface area contributed by atoms with Crippen LogP contribution in [0.4, 0.5) is 28.4 Å². The number of nitrogens with zero attached hydrogens (tertiary/aromatic N) is 5. The first kappa shape index (κ1) is 33.5. The summed E-state index contributed by atoms with van der Waals surface area (Å²) in [5, 5.41) is 50.7. The quantitative estimate of drug-likeness (QED) is 0.128. The van der Waals surface area contributed by atoms with E-state index in [0.29, 0.717) is 11.3 Å². The van der Waals surface area contributed by atoms with Crippen LogP contribution in [0.15, 0.2) is 100 Å². The topological polar surface area (TPSA) is 189 Å². The van der Waals surface area contributed by atoms with Crippen LogP contribution in [0, 0.1) is 41.0 Å². The van der Waals surface area contributed by atoms with Crippen LogP contribution in [-0.2, 0) is 0 Å². The standard InChI is InChI=1S/C14H13N3O3.C7H8O.C6H5N3O2.C2H6/c1-9-6-7-13(18)12(8-9)16-15-11-5-3-4-10(2)14(11)17(19)20;1-6-2-4-7(8)5-3-6;7-8-5-3-1-2-4-6(5)9(10)11;1-2/h3-8,18H,1-2H3;2-5,8H,1H3;1-4,7H;1-2H3/p+1. The van der Waals surface area contributed by atoms with Crippen LogP contribution < -0.4 is 5.53 Å². The number of azo groups is 1. The molecule has 12 nitrogen and oxygen atoms in total. The zero-order valence-corrected chi connectivity index (χ0v) is 23.4. The van der Waals surface area contributed by atoms with E-state index >= 15 is 0 Å². The highest BCUT2D eigenvalue weighted by atomic mass is 16.6. The molecule has 0 saturated heterocycles. The Labute approximate surface area is 237 Å². The number of nitro benzene ring substituents is 2. The molecule has 0 aromatic heterocycles. The maximum absolute atomic E-state index is 11.0. The number of hydrogen-bond donors (Lipinski definition) is 3. The monoisotopic (exact) mass is 561 g/mol. The van der Waals surface area contributed by atoms with Crippen LogP contribution in [0.5, 0.6) is 11.5 Å². The van der Waals surface area contributed by atoms with Crippen molar-refractivity contribution in [1.82, 2.24) is 0 Å². The predicted octanol–water partition coefficient (Wildman–Crippen LogP) is 7.50. The van der Waals surface area contributed by atoms with Gasteiger partial charge in [0.1, 0.15) is 17.2 Å². The molecule has 0 heterocycles. The summed E-state index contributed by atoms with van der Waals surface area (Å²) in [4.78, 5) is 20.3. The van der Waals surface area contributed by atoms with Crippen LogP contribution in [0.1, 0.15) is 30.5 Å². The molecule has 41 heavy (non-hydrogen) atoms. The molecule has 0 saturated carbocycles. The Morgan fingerprint density at radius 3 is 1.78 bits per heavy atom. The number of aryl methyl sites for hydroxylation is 3. The van der Waals surface area contributed by atoms with E-state index in [-0.39, 0.29) is 34.2 Å². The molecule has 12 heteroatoms. The SMILES string of the molecule is CC.Cc1ccc(O)c(N=Nc2cccc(C)c2[N+](=O)[O-])c1.Cc1ccc(O)cc1.[NH2+]=Nc1ccccc1[N+](=O)[O-]. The summed E-state index contributed by atoms with van der Waals surface area (Å²) in [6, 6.07) is 22.9. The molecule has 0 bridgehead atoms. The zero-order valence-electron chi connectivity index (χ0n) is 23.4. The van der Waals surface area contributed by atoms with E-state index < -0.39 is 9.85 Å². The number of rotatable bonds is 5. The lowest BCUT2D eigenvalue weighted by molar-refractivity contribution is -0.384. The number of nitrogens with two attached hydrogens (primary N) is 1. The van der Waals surface area contributed by atoms with Crippen molar-refractivity contribution in [2.45, 2.75) is 34.6 Å². The lowest BCUT2D eigenvalue weighted by atomic mass is 10.2. The third kappa shape index (κ3) is 11.0. The van der Waals surface area contributed by atoms with E-state index in [0.717, 1.165) is 5.56 Å². The molecule has 0 spiro atoms. The molecule has 4 aromatic carbocycles. The van der Waals surface area contributed by atoms with Crippen molar-refractivity contribution in [2.24, 2.45) is 15.3 Å². The van der Waals surface area contributed by atoms with E-state index in [4.69, 9.17) is 10.6 Å². The van der Waals surface area contributed by atoms with E-state index in [2.05, 4.69) is 15.3 Å². The van der Waals surface area contributed by atoms with Crippen molar-refractivity contribution < 1.29 is 25.6 Å².